The van der Waals surface area contributed by atoms with E-state index in [-0.39, 0.29) is 6.04 Å². The maximum Gasteiger partial charge on any atom is 0.335 e. The predicted octanol–water partition coefficient (Wildman–Crippen LogP) is 1.61. The van der Waals surface area contributed by atoms with E-state index in [0.29, 0.717) is 12.1 Å². The van der Waals surface area contributed by atoms with Crippen molar-refractivity contribution in [2.75, 3.05) is 0 Å². The number of carboxylic acid groups (broad SMARTS) is 1. The Morgan fingerprint density at radius 1 is 1.50 bits per heavy atom. The third kappa shape index (κ3) is 1.77. The van der Waals surface area contributed by atoms with Crippen molar-refractivity contribution in [2.45, 2.75) is 26.1 Å². The zero-order valence-electron chi connectivity index (χ0n) is 8.97. The fraction of sp³-hybridized carbons (Fsp3) is 0.333. The maximum absolute atomic E-state index is 10.8. The van der Waals surface area contributed by atoms with Crippen LogP contribution in [0.2, 0.25) is 0 Å². The highest BCUT2D eigenvalue weighted by Gasteiger charge is 2.23. The first-order valence-electron chi connectivity index (χ1n) is 5.10. The number of rotatable bonds is 2. The largest absolute Gasteiger partial charge is 0.478 e. The van der Waals surface area contributed by atoms with Gasteiger partial charge in [-0.3, -0.25) is 4.90 Å². The fourth-order valence-corrected chi connectivity index (χ4v) is 1.91. The molecule has 0 fully saturated rings. The molecule has 0 radical (unpaired) electrons. The van der Waals surface area contributed by atoms with E-state index in [1.807, 2.05) is 17.9 Å². The number of carbonyl (C=O) groups is 1. The Hall–Kier alpha value is -1.86. The molecule has 1 unspecified atom stereocenters. The van der Waals surface area contributed by atoms with Crippen molar-refractivity contribution in [1.82, 2.24) is 4.90 Å². The van der Waals surface area contributed by atoms with E-state index in [1.165, 1.54) is 0 Å². The summed E-state index contributed by atoms with van der Waals surface area (Å²) in [7, 11) is 0. The van der Waals surface area contributed by atoms with Gasteiger partial charge in [-0.1, -0.05) is 6.07 Å². The highest BCUT2D eigenvalue weighted by molar-refractivity contribution is 5.87. The average Bonchev–Trinajstić information content (AvgIpc) is 2.70. The molecule has 0 saturated heterocycles. The highest BCUT2D eigenvalue weighted by atomic mass is 16.4. The smallest absolute Gasteiger partial charge is 0.335 e. The number of fused-ring (bicyclic) bond motifs is 1. The Morgan fingerprint density at radius 2 is 2.19 bits per heavy atom. The van der Waals surface area contributed by atoms with Crippen LogP contribution in [0.5, 0.6) is 0 Å². The fourth-order valence-electron chi connectivity index (χ4n) is 1.91. The number of nitrogens with zero attached hydrogens (tertiary/aromatic N) is 2. The molecule has 0 aromatic heterocycles. The highest BCUT2D eigenvalue weighted by Crippen LogP contribution is 2.25. The van der Waals surface area contributed by atoms with Crippen LogP contribution < -0.4 is 0 Å². The summed E-state index contributed by atoms with van der Waals surface area (Å²) >= 11 is 0. The number of benzene rings is 1. The van der Waals surface area contributed by atoms with Gasteiger partial charge in [0.1, 0.15) is 0 Å². The molecule has 1 heterocycles. The van der Waals surface area contributed by atoms with Crippen LogP contribution in [0.3, 0.4) is 0 Å². The Morgan fingerprint density at radius 3 is 2.81 bits per heavy atom. The number of hydrogen-bond donors (Lipinski definition) is 1. The van der Waals surface area contributed by atoms with Crippen molar-refractivity contribution in [2.24, 2.45) is 0 Å². The Labute approximate surface area is 93.7 Å². The quantitative estimate of drug-likeness (QED) is 0.815. The van der Waals surface area contributed by atoms with Gasteiger partial charge in [-0.15, -0.1) is 0 Å². The third-order valence-corrected chi connectivity index (χ3v) is 2.93. The van der Waals surface area contributed by atoms with Crippen LogP contribution in [0, 0.1) is 11.3 Å². The van der Waals surface area contributed by atoms with Gasteiger partial charge in [-0.05, 0) is 30.2 Å². The second kappa shape index (κ2) is 3.95. The molecular formula is C12H12N2O2. The summed E-state index contributed by atoms with van der Waals surface area (Å²) < 4.78 is 0. The lowest BCUT2D eigenvalue weighted by atomic mass is 10.1. The summed E-state index contributed by atoms with van der Waals surface area (Å²) in [6.07, 6.45) is 0. The van der Waals surface area contributed by atoms with Gasteiger partial charge in [-0.25, -0.2) is 4.79 Å². The summed E-state index contributed by atoms with van der Waals surface area (Å²) in [4.78, 5) is 12.8. The van der Waals surface area contributed by atoms with E-state index in [2.05, 4.69) is 6.07 Å². The lowest BCUT2D eigenvalue weighted by Gasteiger charge is -2.16. The molecule has 16 heavy (non-hydrogen) atoms. The van der Waals surface area contributed by atoms with Crippen molar-refractivity contribution in [1.29, 1.82) is 5.26 Å². The summed E-state index contributed by atoms with van der Waals surface area (Å²) in [5.74, 6) is -0.908. The molecule has 0 aliphatic carbocycles. The first kappa shape index (κ1) is 10.7. The van der Waals surface area contributed by atoms with E-state index in [0.717, 1.165) is 17.7 Å². The van der Waals surface area contributed by atoms with Crippen LogP contribution in [0.4, 0.5) is 0 Å². The first-order valence-corrected chi connectivity index (χ1v) is 5.10. The molecule has 1 aromatic rings. The summed E-state index contributed by atoms with van der Waals surface area (Å²) in [5, 5.41) is 17.7. The molecule has 1 N–H and O–H groups in total. The van der Waals surface area contributed by atoms with Gasteiger partial charge < -0.3 is 5.11 Å². The Bertz CT molecular complexity index is 476. The average molecular weight is 216 g/mol. The normalized spacial score (nSPS) is 16.5. The number of aromatic carboxylic acids is 1. The van der Waals surface area contributed by atoms with Gasteiger partial charge in [-0.2, -0.15) is 5.26 Å². The topological polar surface area (TPSA) is 64.3 Å². The van der Waals surface area contributed by atoms with Gasteiger partial charge in [0.25, 0.3) is 0 Å². The number of hydrogen-bond acceptors (Lipinski definition) is 3. The molecule has 1 aromatic carbocycles. The zero-order valence-corrected chi connectivity index (χ0v) is 8.97. The molecule has 0 bridgehead atoms. The molecule has 1 atom stereocenters. The standard InChI is InChI=1S/C12H12N2O2/c1-8(5-13)14-6-10-3-2-9(12(15)16)4-11(10)7-14/h2-4,8H,6-7H2,1H3,(H,15,16). The second-order valence-corrected chi connectivity index (χ2v) is 4.00. The van der Waals surface area contributed by atoms with Gasteiger partial charge >= 0.3 is 5.97 Å². The SMILES string of the molecule is CC(C#N)N1Cc2ccc(C(=O)O)cc2C1. The first-order chi connectivity index (χ1) is 7.61. The van der Waals surface area contributed by atoms with Gasteiger partial charge in [0.15, 0.2) is 0 Å². The Kier molecular flexibility index (Phi) is 2.63. The molecule has 2 rings (SSSR count). The predicted molar refractivity (Wildman–Crippen MR) is 57.7 cm³/mol. The second-order valence-electron chi connectivity index (χ2n) is 4.00. The molecule has 0 spiro atoms. The summed E-state index contributed by atoms with van der Waals surface area (Å²) in [6, 6.07) is 7.20. The molecule has 4 nitrogen and oxygen atoms in total. The number of carboxylic acids is 1. The minimum absolute atomic E-state index is 0.138. The van der Waals surface area contributed by atoms with E-state index in [9.17, 15) is 4.79 Å². The van der Waals surface area contributed by atoms with Crippen molar-refractivity contribution in [3.8, 4) is 6.07 Å². The third-order valence-electron chi connectivity index (χ3n) is 2.93. The van der Waals surface area contributed by atoms with Crippen molar-refractivity contribution < 1.29 is 9.90 Å². The van der Waals surface area contributed by atoms with Crippen molar-refractivity contribution >= 4 is 5.97 Å². The monoisotopic (exact) mass is 216 g/mol. The van der Waals surface area contributed by atoms with Crippen LogP contribution in [-0.2, 0) is 13.1 Å². The molecule has 0 saturated carbocycles. The minimum Gasteiger partial charge on any atom is -0.478 e. The number of nitriles is 1. The van der Waals surface area contributed by atoms with Gasteiger partial charge in [0.2, 0.25) is 0 Å². The molecule has 1 aliphatic heterocycles. The van der Waals surface area contributed by atoms with Crippen LogP contribution in [-0.4, -0.2) is 22.0 Å². The van der Waals surface area contributed by atoms with E-state index < -0.39 is 5.97 Å². The summed E-state index contributed by atoms with van der Waals surface area (Å²) in [5.41, 5.74) is 2.44. The summed E-state index contributed by atoms with van der Waals surface area (Å²) in [6.45, 7) is 3.24. The van der Waals surface area contributed by atoms with Crippen LogP contribution in [0.25, 0.3) is 0 Å². The van der Waals surface area contributed by atoms with Crippen LogP contribution >= 0.6 is 0 Å². The van der Waals surface area contributed by atoms with E-state index >= 15 is 0 Å². The molecule has 82 valence electrons. The van der Waals surface area contributed by atoms with Crippen LogP contribution in [0.15, 0.2) is 18.2 Å². The van der Waals surface area contributed by atoms with Gasteiger partial charge in [0, 0.05) is 13.1 Å². The minimum atomic E-state index is -0.908. The van der Waals surface area contributed by atoms with Crippen LogP contribution in [0.1, 0.15) is 28.4 Å². The van der Waals surface area contributed by atoms with Gasteiger partial charge in [0.05, 0.1) is 17.7 Å². The lowest BCUT2D eigenvalue weighted by molar-refractivity contribution is 0.0697. The molecule has 0 amide bonds. The molecule has 1 aliphatic rings. The van der Waals surface area contributed by atoms with Crippen molar-refractivity contribution in [3.63, 3.8) is 0 Å². The maximum atomic E-state index is 10.8. The van der Waals surface area contributed by atoms with E-state index in [4.69, 9.17) is 10.4 Å². The van der Waals surface area contributed by atoms with Crippen molar-refractivity contribution in [3.05, 3.63) is 34.9 Å². The lowest BCUT2D eigenvalue weighted by Crippen LogP contribution is -2.25. The van der Waals surface area contributed by atoms with E-state index in [1.54, 1.807) is 12.1 Å². The zero-order chi connectivity index (χ0) is 11.7. The molecule has 4 heteroatoms. The molecular weight excluding hydrogens is 204 g/mol. The Balaban J connectivity index is 2.25.